The van der Waals surface area contributed by atoms with E-state index in [2.05, 4.69) is 9.47 Å². The van der Waals surface area contributed by atoms with Crippen LogP contribution in [0.2, 0.25) is 0 Å². The lowest BCUT2D eigenvalue weighted by Crippen LogP contribution is -1.79. The molecular formula is C7H10ClOP. The van der Waals surface area contributed by atoms with Crippen LogP contribution in [-0.2, 0) is 11.1 Å². The smallest absolute Gasteiger partial charge is 0.0752 e. The highest BCUT2D eigenvalue weighted by Crippen LogP contribution is 2.01. The average molecular weight is 177 g/mol. The maximum atomic E-state index is 4.84. The molecular weight excluding hydrogens is 167 g/mol. The van der Waals surface area contributed by atoms with Gasteiger partial charge in [0.15, 0.2) is 0 Å². The molecule has 0 fully saturated rings. The van der Waals surface area contributed by atoms with Gasteiger partial charge in [0.1, 0.15) is 0 Å². The summed E-state index contributed by atoms with van der Waals surface area (Å²) in [6.07, 6.45) is 0. The zero-order chi connectivity index (χ0) is 6.53. The quantitative estimate of drug-likeness (QED) is 0.629. The van der Waals surface area contributed by atoms with Crippen LogP contribution < -0.4 is 0 Å². The highest BCUT2D eigenvalue weighted by atomic mass is 35.5. The van der Waals surface area contributed by atoms with Crippen molar-refractivity contribution in [2.45, 2.75) is 6.61 Å². The topological polar surface area (TPSA) is 9.23 Å². The molecule has 0 bridgehead atoms. The van der Waals surface area contributed by atoms with E-state index in [-0.39, 0.29) is 12.4 Å². The van der Waals surface area contributed by atoms with Crippen LogP contribution in [0.4, 0.5) is 0 Å². The van der Waals surface area contributed by atoms with Crippen molar-refractivity contribution in [3.8, 4) is 0 Å². The zero-order valence-electron chi connectivity index (χ0n) is 5.49. The Balaban J connectivity index is 0.000000810. The van der Waals surface area contributed by atoms with Crippen molar-refractivity contribution < 1.29 is 4.52 Å². The van der Waals surface area contributed by atoms with Crippen molar-refractivity contribution in [3.63, 3.8) is 0 Å². The van der Waals surface area contributed by atoms with Gasteiger partial charge in [-0.05, 0) is 5.56 Å². The monoisotopic (exact) mass is 176 g/mol. The summed E-state index contributed by atoms with van der Waals surface area (Å²) < 4.78 is 4.84. The lowest BCUT2D eigenvalue weighted by Gasteiger charge is -1.95. The summed E-state index contributed by atoms with van der Waals surface area (Å²) in [6.45, 7) is 0.672. The fraction of sp³-hybridized carbons (Fsp3) is 0.143. The van der Waals surface area contributed by atoms with E-state index in [0.29, 0.717) is 6.61 Å². The summed E-state index contributed by atoms with van der Waals surface area (Å²) in [4.78, 5) is 0. The Kier molecular flexibility index (Phi) is 5.61. The molecule has 1 unspecified atom stereocenters. The predicted molar refractivity (Wildman–Crippen MR) is 48.2 cm³/mol. The molecule has 0 aliphatic carbocycles. The van der Waals surface area contributed by atoms with E-state index in [1.165, 1.54) is 5.56 Å². The Morgan fingerprint density at radius 1 is 1.20 bits per heavy atom. The molecule has 0 aliphatic heterocycles. The third kappa shape index (κ3) is 3.17. The highest BCUT2D eigenvalue weighted by molar-refractivity contribution is 7.09. The first kappa shape index (κ1) is 9.90. The molecule has 0 heterocycles. The normalized spacial score (nSPS) is 8.50. The van der Waals surface area contributed by atoms with Crippen LogP contribution in [0.1, 0.15) is 5.56 Å². The minimum absolute atomic E-state index is 0. The van der Waals surface area contributed by atoms with Crippen LogP contribution in [0.3, 0.4) is 0 Å². The first-order valence-electron chi connectivity index (χ1n) is 2.79. The van der Waals surface area contributed by atoms with E-state index in [1.807, 2.05) is 30.3 Å². The Bertz CT molecular complexity index is 167. The van der Waals surface area contributed by atoms with Gasteiger partial charge < -0.3 is 4.52 Å². The standard InChI is InChI=1S/C7H9OP.ClH/c9-8-6-7-4-2-1-3-5-7;/h1-5H,6,9H2;1H. The van der Waals surface area contributed by atoms with Crippen molar-refractivity contribution in [2.24, 2.45) is 0 Å². The van der Waals surface area contributed by atoms with E-state index in [0.717, 1.165) is 0 Å². The molecule has 56 valence electrons. The van der Waals surface area contributed by atoms with Gasteiger partial charge in [-0.2, -0.15) is 0 Å². The fourth-order valence-corrected chi connectivity index (χ4v) is 0.863. The van der Waals surface area contributed by atoms with E-state index >= 15 is 0 Å². The maximum absolute atomic E-state index is 4.84. The number of benzene rings is 1. The molecule has 0 radical (unpaired) electrons. The van der Waals surface area contributed by atoms with Gasteiger partial charge in [-0.15, -0.1) is 12.4 Å². The fourth-order valence-electron chi connectivity index (χ4n) is 0.670. The number of halogens is 1. The summed E-state index contributed by atoms with van der Waals surface area (Å²) in [7, 11) is 2.23. The van der Waals surface area contributed by atoms with E-state index in [4.69, 9.17) is 4.52 Å². The minimum atomic E-state index is 0. The van der Waals surface area contributed by atoms with Crippen molar-refractivity contribution in [3.05, 3.63) is 35.9 Å². The van der Waals surface area contributed by atoms with E-state index in [1.54, 1.807) is 0 Å². The van der Waals surface area contributed by atoms with Crippen LogP contribution in [0.5, 0.6) is 0 Å². The molecule has 0 N–H and O–H groups in total. The second kappa shape index (κ2) is 5.67. The largest absolute Gasteiger partial charge is 0.361 e. The van der Waals surface area contributed by atoms with Crippen LogP contribution in [0, 0.1) is 0 Å². The van der Waals surface area contributed by atoms with Gasteiger partial charge in [0.25, 0.3) is 0 Å². The summed E-state index contributed by atoms with van der Waals surface area (Å²) in [5.74, 6) is 0. The Hall–Kier alpha value is -0.100. The molecule has 1 nitrogen and oxygen atoms in total. The molecule has 0 aliphatic rings. The molecule has 10 heavy (non-hydrogen) atoms. The van der Waals surface area contributed by atoms with Gasteiger partial charge in [-0.3, -0.25) is 0 Å². The molecule has 1 atom stereocenters. The maximum Gasteiger partial charge on any atom is 0.0752 e. The van der Waals surface area contributed by atoms with Crippen molar-refractivity contribution in [1.29, 1.82) is 0 Å². The lowest BCUT2D eigenvalue weighted by molar-refractivity contribution is 0.362. The van der Waals surface area contributed by atoms with Gasteiger partial charge in [-0.1, -0.05) is 30.3 Å². The molecule has 0 amide bonds. The predicted octanol–water partition coefficient (Wildman–Crippen LogP) is 2.42. The van der Waals surface area contributed by atoms with Crippen LogP contribution in [-0.4, -0.2) is 0 Å². The number of rotatable bonds is 2. The molecule has 3 heteroatoms. The van der Waals surface area contributed by atoms with E-state index in [9.17, 15) is 0 Å². The van der Waals surface area contributed by atoms with Crippen LogP contribution in [0.15, 0.2) is 30.3 Å². The van der Waals surface area contributed by atoms with Gasteiger partial charge in [0, 0.05) is 9.47 Å². The van der Waals surface area contributed by atoms with Crippen LogP contribution >= 0.6 is 21.9 Å². The number of hydrogen-bond donors (Lipinski definition) is 0. The summed E-state index contributed by atoms with van der Waals surface area (Å²) in [5, 5.41) is 0. The molecule has 1 aromatic rings. The van der Waals surface area contributed by atoms with Gasteiger partial charge in [0.2, 0.25) is 0 Å². The minimum Gasteiger partial charge on any atom is -0.361 e. The van der Waals surface area contributed by atoms with Gasteiger partial charge in [0.05, 0.1) is 6.61 Å². The van der Waals surface area contributed by atoms with E-state index < -0.39 is 0 Å². The Morgan fingerprint density at radius 3 is 2.30 bits per heavy atom. The van der Waals surface area contributed by atoms with Gasteiger partial charge >= 0.3 is 0 Å². The summed E-state index contributed by atoms with van der Waals surface area (Å²) in [5.41, 5.74) is 1.20. The first-order valence-corrected chi connectivity index (χ1v) is 3.26. The van der Waals surface area contributed by atoms with Crippen molar-refractivity contribution in [2.75, 3.05) is 0 Å². The molecule has 1 rings (SSSR count). The molecule has 0 spiro atoms. The lowest BCUT2D eigenvalue weighted by atomic mass is 10.2. The van der Waals surface area contributed by atoms with Gasteiger partial charge in [-0.25, -0.2) is 0 Å². The molecule has 0 saturated carbocycles. The molecule has 0 aromatic heterocycles. The Morgan fingerprint density at radius 2 is 1.80 bits per heavy atom. The zero-order valence-corrected chi connectivity index (χ0v) is 7.46. The SMILES string of the molecule is Cl.POCc1ccccc1. The summed E-state index contributed by atoms with van der Waals surface area (Å²) in [6, 6.07) is 10.1. The average Bonchev–Trinajstić information content (AvgIpc) is 1.91. The second-order valence-corrected chi connectivity index (χ2v) is 2.13. The number of hydrogen-bond acceptors (Lipinski definition) is 1. The highest BCUT2D eigenvalue weighted by Gasteiger charge is 1.84. The van der Waals surface area contributed by atoms with Crippen molar-refractivity contribution >= 4 is 21.9 Å². The molecule has 0 saturated heterocycles. The molecule has 1 aromatic carbocycles. The summed E-state index contributed by atoms with van der Waals surface area (Å²) >= 11 is 0. The third-order valence-electron chi connectivity index (χ3n) is 1.09. The Labute approximate surface area is 69.5 Å². The second-order valence-electron chi connectivity index (χ2n) is 1.80. The first-order chi connectivity index (χ1) is 4.43. The van der Waals surface area contributed by atoms with Crippen molar-refractivity contribution in [1.82, 2.24) is 0 Å². The third-order valence-corrected chi connectivity index (χ3v) is 1.26. The van der Waals surface area contributed by atoms with Crippen LogP contribution in [0.25, 0.3) is 0 Å².